The maximum absolute atomic E-state index is 4.62. The Morgan fingerprint density at radius 2 is 1.67 bits per heavy atom. The maximum Gasteiger partial charge on any atom is 0.0388 e. The van der Waals surface area contributed by atoms with Crippen molar-refractivity contribution >= 4 is 5.71 Å². The summed E-state index contributed by atoms with van der Waals surface area (Å²) in [6, 6.07) is 0. The second kappa shape index (κ2) is 6.22. The highest BCUT2D eigenvalue weighted by Crippen LogP contribution is 2.11. The van der Waals surface area contributed by atoms with Crippen molar-refractivity contribution in [1.82, 2.24) is 0 Å². The third kappa shape index (κ3) is 3.89. The Labute approximate surface area is 76.3 Å². The summed E-state index contributed by atoms with van der Waals surface area (Å²) in [5.41, 5.74) is 1.46. The second-order valence-electron chi connectivity index (χ2n) is 3.67. The van der Waals surface area contributed by atoms with Crippen molar-refractivity contribution in [3.63, 3.8) is 0 Å². The van der Waals surface area contributed by atoms with Crippen LogP contribution in [-0.4, -0.2) is 12.3 Å². The van der Waals surface area contributed by atoms with Gasteiger partial charge >= 0.3 is 0 Å². The molecule has 1 heterocycles. The van der Waals surface area contributed by atoms with Gasteiger partial charge in [0.1, 0.15) is 0 Å². The van der Waals surface area contributed by atoms with E-state index in [2.05, 4.69) is 11.9 Å². The van der Waals surface area contributed by atoms with Gasteiger partial charge < -0.3 is 0 Å². The van der Waals surface area contributed by atoms with Crippen molar-refractivity contribution in [2.24, 2.45) is 4.99 Å². The van der Waals surface area contributed by atoms with Crippen LogP contribution in [-0.2, 0) is 0 Å². The predicted octanol–water partition coefficient (Wildman–Crippen LogP) is 3.58. The van der Waals surface area contributed by atoms with E-state index in [-0.39, 0.29) is 0 Å². The highest BCUT2D eigenvalue weighted by Gasteiger charge is 1.99. The van der Waals surface area contributed by atoms with Crippen molar-refractivity contribution < 1.29 is 0 Å². The molecule has 0 radical (unpaired) electrons. The van der Waals surface area contributed by atoms with Gasteiger partial charge in [-0.1, -0.05) is 32.6 Å². The highest BCUT2D eigenvalue weighted by atomic mass is 14.7. The van der Waals surface area contributed by atoms with Gasteiger partial charge in [0.2, 0.25) is 0 Å². The number of aliphatic imine (C=N–C) groups is 1. The Balaban J connectivity index is 2.32. The number of nitrogens with zero attached hydrogens (tertiary/aromatic N) is 1. The smallest absolute Gasteiger partial charge is 0.0388 e. The lowest BCUT2D eigenvalue weighted by Gasteiger charge is -2.07. The minimum Gasteiger partial charge on any atom is -0.294 e. The molecule has 1 nitrogen and oxygen atoms in total. The minimum atomic E-state index is 1.09. The number of rotatable bonds is 1. The van der Waals surface area contributed by atoms with Crippen molar-refractivity contribution in [2.75, 3.05) is 6.54 Å². The zero-order valence-corrected chi connectivity index (χ0v) is 8.31. The summed E-state index contributed by atoms with van der Waals surface area (Å²) in [5, 5.41) is 0. The molecule has 0 aromatic rings. The van der Waals surface area contributed by atoms with E-state index in [1.165, 1.54) is 57.1 Å². The fourth-order valence-electron chi connectivity index (χ4n) is 1.75. The summed E-state index contributed by atoms with van der Waals surface area (Å²) in [4.78, 5) is 4.62. The van der Waals surface area contributed by atoms with Gasteiger partial charge in [-0.2, -0.15) is 0 Å². The molecule has 0 atom stereocenters. The summed E-state index contributed by atoms with van der Waals surface area (Å²) >= 11 is 0. The summed E-state index contributed by atoms with van der Waals surface area (Å²) in [7, 11) is 0. The average molecular weight is 167 g/mol. The van der Waals surface area contributed by atoms with Crippen LogP contribution in [0.5, 0.6) is 0 Å². The lowest BCUT2D eigenvalue weighted by atomic mass is 10.0. The van der Waals surface area contributed by atoms with Crippen LogP contribution in [0, 0.1) is 0 Å². The van der Waals surface area contributed by atoms with Crippen molar-refractivity contribution in [3.05, 3.63) is 0 Å². The molecule has 0 aromatic carbocycles. The molecule has 0 N–H and O–H groups in total. The third-order valence-electron chi connectivity index (χ3n) is 2.62. The van der Waals surface area contributed by atoms with Gasteiger partial charge in [0.25, 0.3) is 0 Å². The second-order valence-corrected chi connectivity index (χ2v) is 3.67. The van der Waals surface area contributed by atoms with E-state index in [9.17, 15) is 0 Å². The lowest BCUT2D eigenvalue weighted by molar-refractivity contribution is 0.594. The first kappa shape index (κ1) is 9.76. The summed E-state index contributed by atoms with van der Waals surface area (Å²) < 4.78 is 0. The number of hydrogen-bond donors (Lipinski definition) is 0. The molecule has 70 valence electrons. The van der Waals surface area contributed by atoms with Crippen molar-refractivity contribution in [1.29, 1.82) is 0 Å². The normalized spacial score (nSPS) is 21.6. The third-order valence-corrected chi connectivity index (χ3v) is 2.62. The molecular weight excluding hydrogens is 146 g/mol. The fourth-order valence-corrected chi connectivity index (χ4v) is 1.75. The minimum absolute atomic E-state index is 1.09. The molecule has 1 aliphatic heterocycles. The zero-order valence-electron chi connectivity index (χ0n) is 8.31. The maximum atomic E-state index is 4.62. The molecule has 0 spiro atoms. The first-order valence-corrected chi connectivity index (χ1v) is 5.45. The van der Waals surface area contributed by atoms with Crippen LogP contribution >= 0.6 is 0 Å². The van der Waals surface area contributed by atoms with E-state index in [0.29, 0.717) is 0 Å². The largest absolute Gasteiger partial charge is 0.294 e. The quantitative estimate of drug-likeness (QED) is 0.566. The summed E-state index contributed by atoms with van der Waals surface area (Å²) in [6.07, 6.45) is 10.8. The van der Waals surface area contributed by atoms with Gasteiger partial charge in [0.15, 0.2) is 0 Å². The van der Waals surface area contributed by atoms with E-state index in [1.807, 2.05) is 0 Å². The van der Waals surface area contributed by atoms with Gasteiger partial charge in [-0.05, 0) is 25.7 Å². The molecule has 0 aromatic heterocycles. The topological polar surface area (TPSA) is 12.4 Å². The van der Waals surface area contributed by atoms with E-state index < -0.39 is 0 Å². The van der Waals surface area contributed by atoms with Gasteiger partial charge in [0.05, 0.1) is 0 Å². The van der Waals surface area contributed by atoms with Gasteiger partial charge in [-0.3, -0.25) is 4.99 Å². The SMILES string of the molecule is CCC1=NCCCCCCCC1. The fraction of sp³-hybridized carbons (Fsp3) is 0.909. The van der Waals surface area contributed by atoms with Crippen LogP contribution < -0.4 is 0 Å². The molecule has 0 unspecified atom stereocenters. The Bertz CT molecular complexity index is 138. The molecular formula is C11H21N. The molecule has 1 aliphatic rings. The molecule has 12 heavy (non-hydrogen) atoms. The van der Waals surface area contributed by atoms with Crippen LogP contribution in [0.3, 0.4) is 0 Å². The molecule has 0 saturated heterocycles. The first-order valence-electron chi connectivity index (χ1n) is 5.45. The molecule has 0 amide bonds. The molecule has 1 heteroatoms. The van der Waals surface area contributed by atoms with Crippen LogP contribution in [0.15, 0.2) is 4.99 Å². The van der Waals surface area contributed by atoms with Gasteiger partial charge in [0, 0.05) is 12.3 Å². The Kier molecular flexibility index (Phi) is 5.05. The molecule has 0 fully saturated rings. The predicted molar refractivity (Wildman–Crippen MR) is 54.9 cm³/mol. The summed E-state index contributed by atoms with van der Waals surface area (Å²) in [6.45, 7) is 3.31. The number of hydrogen-bond acceptors (Lipinski definition) is 1. The Morgan fingerprint density at radius 1 is 1.00 bits per heavy atom. The molecule has 1 rings (SSSR count). The Hall–Kier alpha value is -0.330. The Morgan fingerprint density at radius 3 is 2.42 bits per heavy atom. The highest BCUT2D eigenvalue weighted by molar-refractivity contribution is 5.84. The van der Waals surface area contributed by atoms with Crippen LogP contribution in [0.25, 0.3) is 0 Å². The van der Waals surface area contributed by atoms with Crippen LogP contribution in [0.1, 0.15) is 58.3 Å². The van der Waals surface area contributed by atoms with Crippen molar-refractivity contribution in [3.8, 4) is 0 Å². The monoisotopic (exact) mass is 167 g/mol. The van der Waals surface area contributed by atoms with E-state index in [1.54, 1.807) is 0 Å². The van der Waals surface area contributed by atoms with Crippen molar-refractivity contribution in [2.45, 2.75) is 58.3 Å². The standard InChI is InChI=1S/C11H21N/c1-2-11-9-7-5-3-4-6-8-10-12-11/h2-10H2,1H3. The molecule has 0 saturated carbocycles. The zero-order chi connectivity index (χ0) is 8.65. The molecule has 0 aliphatic carbocycles. The van der Waals surface area contributed by atoms with E-state index in [4.69, 9.17) is 0 Å². The average Bonchev–Trinajstić information content (AvgIpc) is 2.14. The van der Waals surface area contributed by atoms with Crippen LogP contribution in [0.4, 0.5) is 0 Å². The van der Waals surface area contributed by atoms with Gasteiger partial charge in [-0.15, -0.1) is 0 Å². The van der Waals surface area contributed by atoms with E-state index in [0.717, 1.165) is 6.54 Å². The summed E-state index contributed by atoms with van der Waals surface area (Å²) in [5.74, 6) is 0. The van der Waals surface area contributed by atoms with Crippen LogP contribution in [0.2, 0.25) is 0 Å². The molecule has 0 bridgehead atoms. The lowest BCUT2D eigenvalue weighted by Crippen LogP contribution is -2.00. The van der Waals surface area contributed by atoms with E-state index >= 15 is 0 Å². The van der Waals surface area contributed by atoms with Gasteiger partial charge in [-0.25, -0.2) is 0 Å². The first-order chi connectivity index (χ1) is 5.93.